The van der Waals surface area contributed by atoms with Crippen LogP contribution in [0.25, 0.3) is 11.0 Å². The molecule has 0 atom stereocenters. The lowest BCUT2D eigenvalue weighted by molar-refractivity contribution is 0.261. The van der Waals surface area contributed by atoms with E-state index in [-0.39, 0.29) is 0 Å². The van der Waals surface area contributed by atoms with Crippen molar-refractivity contribution in [2.45, 2.75) is 6.42 Å². The number of aromatic nitrogens is 2. The standard InChI is InChI=1S/C20H22ClN5O2/c1-26(2)10-5-11-28-18-9-8-14(21)12-17(18)24-20(27)25-19-13-22-15-6-3-4-7-16(15)23-19/h3-4,6-9,12-13H,5,10-11H2,1-2H3,(H2,23,24,25,27). The molecule has 1 heterocycles. The summed E-state index contributed by atoms with van der Waals surface area (Å²) in [5.41, 5.74) is 1.95. The van der Waals surface area contributed by atoms with Gasteiger partial charge in [0.15, 0.2) is 5.82 Å². The topological polar surface area (TPSA) is 79.4 Å². The Hall–Kier alpha value is -2.90. The van der Waals surface area contributed by atoms with Gasteiger partial charge in [0.25, 0.3) is 0 Å². The van der Waals surface area contributed by atoms with Crippen LogP contribution in [0, 0.1) is 0 Å². The third kappa shape index (κ3) is 5.55. The Morgan fingerprint density at radius 3 is 2.71 bits per heavy atom. The molecule has 0 aliphatic heterocycles. The predicted molar refractivity (Wildman–Crippen MR) is 112 cm³/mol. The Bertz CT molecular complexity index is 964. The van der Waals surface area contributed by atoms with Gasteiger partial charge in [0.05, 0.1) is 29.5 Å². The van der Waals surface area contributed by atoms with E-state index in [1.165, 1.54) is 6.20 Å². The molecule has 1 aromatic heterocycles. The molecule has 0 bridgehead atoms. The fourth-order valence-electron chi connectivity index (χ4n) is 2.58. The summed E-state index contributed by atoms with van der Waals surface area (Å²) in [6, 6.07) is 12.1. The molecule has 0 aliphatic rings. The number of carbonyl (C=O) groups is 1. The maximum absolute atomic E-state index is 12.4. The van der Waals surface area contributed by atoms with Crippen molar-refractivity contribution in [3.05, 3.63) is 53.7 Å². The second-order valence-corrected chi connectivity index (χ2v) is 6.91. The normalized spacial score (nSPS) is 10.9. The van der Waals surface area contributed by atoms with Gasteiger partial charge in [-0.1, -0.05) is 23.7 Å². The summed E-state index contributed by atoms with van der Waals surface area (Å²) in [6.45, 7) is 1.45. The highest BCUT2D eigenvalue weighted by molar-refractivity contribution is 6.31. The fourth-order valence-corrected chi connectivity index (χ4v) is 2.75. The molecule has 2 amide bonds. The number of fused-ring (bicyclic) bond motifs is 1. The van der Waals surface area contributed by atoms with E-state index in [0.29, 0.717) is 34.4 Å². The first-order chi connectivity index (χ1) is 13.5. The van der Waals surface area contributed by atoms with Crippen LogP contribution in [0.3, 0.4) is 0 Å². The minimum atomic E-state index is -0.454. The molecule has 7 nitrogen and oxygen atoms in total. The second-order valence-electron chi connectivity index (χ2n) is 6.47. The van der Waals surface area contributed by atoms with E-state index >= 15 is 0 Å². The zero-order valence-electron chi connectivity index (χ0n) is 15.8. The maximum Gasteiger partial charge on any atom is 0.325 e. The van der Waals surface area contributed by atoms with Crippen molar-refractivity contribution in [3.63, 3.8) is 0 Å². The van der Waals surface area contributed by atoms with Crippen LogP contribution in [-0.2, 0) is 0 Å². The number of nitrogens with one attached hydrogen (secondary N) is 2. The Kier molecular flexibility index (Phi) is 6.62. The molecular formula is C20H22ClN5O2. The summed E-state index contributed by atoms with van der Waals surface area (Å²) < 4.78 is 5.80. The molecule has 8 heteroatoms. The minimum Gasteiger partial charge on any atom is -0.491 e. The van der Waals surface area contributed by atoms with Gasteiger partial charge < -0.3 is 15.0 Å². The monoisotopic (exact) mass is 399 g/mol. The number of benzene rings is 2. The Morgan fingerprint density at radius 2 is 1.93 bits per heavy atom. The number of halogens is 1. The third-order valence-electron chi connectivity index (χ3n) is 3.89. The van der Waals surface area contributed by atoms with Gasteiger partial charge in [-0.25, -0.2) is 9.78 Å². The molecule has 0 aliphatic carbocycles. The van der Waals surface area contributed by atoms with Crippen LogP contribution in [-0.4, -0.2) is 48.1 Å². The number of nitrogens with zero attached hydrogens (tertiary/aromatic N) is 3. The Labute approximate surface area is 168 Å². The Balaban J connectivity index is 1.65. The number of amides is 2. The third-order valence-corrected chi connectivity index (χ3v) is 4.12. The first kappa shape index (κ1) is 19.9. The van der Waals surface area contributed by atoms with Crippen LogP contribution in [0.1, 0.15) is 6.42 Å². The van der Waals surface area contributed by atoms with Gasteiger partial charge in [0.2, 0.25) is 0 Å². The summed E-state index contributed by atoms with van der Waals surface area (Å²) in [5.74, 6) is 0.912. The molecule has 0 saturated heterocycles. The van der Waals surface area contributed by atoms with Gasteiger partial charge in [-0.15, -0.1) is 0 Å². The van der Waals surface area contributed by atoms with Crippen molar-refractivity contribution in [2.24, 2.45) is 0 Å². The molecule has 0 unspecified atom stereocenters. The van der Waals surface area contributed by atoms with Crippen LogP contribution in [0.4, 0.5) is 16.3 Å². The van der Waals surface area contributed by atoms with Crippen molar-refractivity contribution in [1.82, 2.24) is 14.9 Å². The van der Waals surface area contributed by atoms with Gasteiger partial charge >= 0.3 is 6.03 Å². The van der Waals surface area contributed by atoms with Gasteiger partial charge in [-0.05, 0) is 50.8 Å². The molecule has 0 saturated carbocycles. The van der Waals surface area contributed by atoms with Crippen molar-refractivity contribution in [1.29, 1.82) is 0 Å². The van der Waals surface area contributed by atoms with E-state index in [0.717, 1.165) is 18.5 Å². The van der Waals surface area contributed by atoms with E-state index in [1.54, 1.807) is 18.2 Å². The van der Waals surface area contributed by atoms with E-state index in [9.17, 15) is 4.79 Å². The van der Waals surface area contributed by atoms with Crippen LogP contribution in [0.2, 0.25) is 5.02 Å². The Morgan fingerprint density at radius 1 is 1.14 bits per heavy atom. The first-order valence-corrected chi connectivity index (χ1v) is 9.26. The average molecular weight is 400 g/mol. The van der Waals surface area contributed by atoms with Crippen molar-refractivity contribution in [3.8, 4) is 5.75 Å². The van der Waals surface area contributed by atoms with Crippen LogP contribution < -0.4 is 15.4 Å². The number of hydrogen-bond donors (Lipinski definition) is 2. The van der Waals surface area contributed by atoms with Crippen LogP contribution in [0.5, 0.6) is 5.75 Å². The smallest absolute Gasteiger partial charge is 0.325 e. The number of para-hydroxylation sites is 2. The number of carbonyl (C=O) groups excluding carboxylic acids is 1. The molecule has 146 valence electrons. The lowest BCUT2D eigenvalue weighted by Crippen LogP contribution is -2.21. The molecule has 2 aromatic carbocycles. The summed E-state index contributed by atoms with van der Waals surface area (Å²) in [5, 5.41) is 5.94. The second kappa shape index (κ2) is 9.34. The van der Waals surface area contributed by atoms with E-state index in [2.05, 4.69) is 25.5 Å². The molecule has 0 radical (unpaired) electrons. The summed E-state index contributed by atoms with van der Waals surface area (Å²) in [4.78, 5) is 23.2. The summed E-state index contributed by atoms with van der Waals surface area (Å²) >= 11 is 6.07. The van der Waals surface area contributed by atoms with Gasteiger partial charge in [-0.2, -0.15) is 0 Å². The van der Waals surface area contributed by atoms with Crippen molar-refractivity contribution >= 4 is 40.2 Å². The van der Waals surface area contributed by atoms with Gasteiger partial charge in [0, 0.05) is 11.6 Å². The highest BCUT2D eigenvalue weighted by atomic mass is 35.5. The highest BCUT2D eigenvalue weighted by Gasteiger charge is 2.10. The van der Waals surface area contributed by atoms with E-state index in [1.807, 2.05) is 38.4 Å². The molecule has 3 rings (SSSR count). The molecule has 2 N–H and O–H groups in total. The molecule has 28 heavy (non-hydrogen) atoms. The average Bonchev–Trinajstić information content (AvgIpc) is 2.66. The van der Waals surface area contributed by atoms with Crippen molar-refractivity contribution < 1.29 is 9.53 Å². The zero-order valence-corrected chi connectivity index (χ0v) is 16.5. The summed E-state index contributed by atoms with van der Waals surface area (Å²) in [7, 11) is 4.02. The minimum absolute atomic E-state index is 0.353. The largest absolute Gasteiger partial charge is 0.491 e. The summed E-state index contributed by atoms with van der Waals surface area (Å²) in [6.07, 6.45) is 2.38. The number of ether oxygens (including phenoxy) is 1. The molecular weight excluding hydrogens is 378 g/mol. The maximum atomic E-state index is 12.4. The molecule has 0 fully saturated rings. The van der Waals surface area contributed by atoms with Crippen molar-refractivity contribution in [2.75, 3.05) is 37.9 Å². The quantitative estimate of drug-likeness (QED) is 0.580. The van der Waals surface area contributed by atoms with Crippen LogP contribution >= 0.6 is 11.6 Å². The first-order valence-electron chi connectivity index (χ1n) is 8.88. The molecule has 0 spiro atoms. The van der Waals surface area contributed by atoms with E-state index < -0.39 is 6.03 Å². The number of urea groups is 1. The van der Waals surface area contributed by atoms with Gasteiger partial charge in [-0.3, -0.25) is 10.3 Å². The number of anilines is 2. The van der Waals surface area contributed by atoms with Gasteiger partial charge in [0.1, 0.15) is 5.75 Å². The van der Waals surface area contributed by atoms with Crippen LogP contribution in [0.15, 0.2) is 48.7 Å². The zero-order chi connectivity index (χ0) is 19.9. The van der Waals surface area contributed by atoms with E-state index in [4.69, 9.17) is 16.3 Å². The predicted octanol–water partition coefficient (Wildman–Crippen LogP) is 4.26. The lowest BCUT2D eigenvalue weighted by Gasteiger charge is -2.14. The number of hydrogen-bond acceptors (Lipinski definition) is 5. The molecule has 3 aromatic rings. The highest BCUT2D eigenvalue weighted by Crippen LogP contribution is 2.28. The lowest BCUT2D eigenvalue weighted by atomic mass is 10.3. The number of rotatable bonds is 7. The fraction of sp³-hybridized carbons (Fsp3) is 0.250. The SMILES string of the molecule is CN(C)CCCOc1ccc(Cl)cc1NC(=O)Nc1cnc2ccccc2n1.